The number of hydrogen-bond donors (Lipinski definition) is 2. The lowest BCUT2D eigenvalue weighted by molar-refractivity contribution is 0.0398. The first-order valence-electron chi connectivity index (χ1n) is 11.4. The molecule has 0 radical (unpaired) electrons. The van der Waals surface area contributed by atoms with Crippen LogP contribution in [0.5, 0.6) is 6.01 Å². The fraction of sp³-hybridized carbons (Fsp3) is 0.478. The van der Waals surface area contributed by atoms with Crippen LogP contribution in [0.25, 0.3) is 11.2 Å². The second-order valence-electron chi connectivity index (χ2n) is 8.04. The summed E-state index contributed by atoms with van der Waals surface area (Å²) in [6.45, 7) is 8.30. The number of nitrogens with two attached hydrogens (primary N) is 1. The Hall–Kier alpha value is -3.24. The fourth-order valence-electron chi connectivity index (χ4n) is 3.66. The second-order valence-corrected chi connectivity index (χ2v) is 8.04. The summed E-state index contributed by atoms with van der Waals surface area (Å²) in [5.74, 6) is 0.228. The predicted octanol–water partition coefficient (Wildman–Crippen LogP) is 1.90. The van der Waals surface area contributed by atoms with Crippen LogP contribution in [0.15, 0.2) is 30.6 Å². The summed E-state index contributed by atoms with van der Waals surface area (Å²) < 4.78 is 13.2. The molecule has 33 heavy (non-hydrogen) atoms. The van der Waals surface area contributed by atoms with Gasteiger partial charge in [0.15, 0.2) is 17.0 Å². The highest BCUT2D eigenvalue weighted by Gasteiger charge is 2.16. The number of primary amides is 1. The van der Waals surface area contributed by atoms with Crippen LogP contribution >= 0.6 is 0 Å². The normalized spacial score (nSPS) is 14.5. The monoisotopic (exact) mass is 453 g/mol. The lowest BCUT2D eigenvalue weighted by Gasteiger charge is -2.26. The predicted molar refractivity (Wildman–Crippen MR) is 126 cm³/mol. The van der Waals surface area contributed by atoms with Gasteiger partial charge in [0.1, 0.15) is 0 Å². The SMILES string of the molecule is CCCCOc1nc(NCCN2CCOCC2)c2ncn(Cc3ccc(C(N)=O)cc3)c2n1. The smallest absolute Gasteiger partial charge is 0.320 e. The largest absolute Gasteiger partial charge is 0.463 e. The van der Waals surface area contributed by atoms with E-state index in [4.69, 9.17) is 15.2 Å². The van der Waals surface area contributed by atoms with Crippen molar-refractivity contribution in [2.75, 3.05) is 51.3 Å². The van der Waals surface area contributed by atoms with Gasteiger partial charge in [0.2, 0.25) is 5.91 Å². The standard InChI is InChI=1S/C23H31N7O3/c1-2-3-12-33-23-27-21(25-8-9-29-10-13-32-14-11-29)19-22(28-23)30(16-26-19)15-17-4-6-18(7-5-17)20(24)31/h4-7,16H,2-3,8-15H2,1H3,(H2,24,31)(H,25,27,28). The molecule has 0 aliphatic carbocycles. The molecule has 2 aromatic heterocycles. The molecule has 1 aliphatic heterocycles. The van der Waals surface area contributed by atoms with Gasteiger partial charge in [-0.25, -0.2) is 4.98 Å². The number of benzene rings is 1. The number of amides is 1. The number of hydrogen-bond acceptors (Lipinski definition) is 8. The molecule has 1 fully saturated rings. The highest BCUT2D eigenvalue weighted by atomic mass is 16.5. The van der Waals surface area contributed by atoms with Crippen LogP contribution in [0, 0.1) is 0 Å². The van der Waals surface area contributed by atoms with Gasteiger partial charge in [0.25, 0.3) is 0 Å². The highest BCUT2D eigenvalue weighted by Crippen LogP contribution is 2.23. The third kappa shape index (κ3) is 5.96. The van der Waals surface area contributed by atoms with Crippen LogP contribution in [0.3, 0.4) is 0 Å². The molecule has 1 aliphatic rings. The van der Waals surface area contributed by atoms with Crippen molar-refractivity contribution in [2.24, 2.45) is 5.73 Å². The number of nitrogens with one attached hydrogen (secondary N) is 1. The van der Waals surface area contributed by atoms with E-state index in [2.05, 4.69) is 32.1 Å². The van der Waals surface area contributed by atoms with Crippen LogP contribution in [-0.2, 0) is 11.3 Å². The highest BCUT2D eigenvalue weighted by molar-refractivity contribution is 5.92. The molecule has 3 heterocycles. The number of nitrogens with zero attached hydrogens (tertiary/aromatic N) is 5. The number of imidazole rings is 1. The number of anilines is 1. The molecule has 0 saturated carbocycles. The van der Waals surface area contributed by atoms with Crippen molar-refractivity contribution < 1.29 is 14.3 Å². The molecular formula is C23H31N7O3. The van der Waals surface area contributed by atoms with Crippen LogP contribution in [0.4, 0.5) is 5.82 Å². The molecule has 0 bridgehead atoms. The van der Waals surface area contributed by atoms with Crippen LogP contribution in [-0.4, -0.2) is 76.3 Å². The van der Waals surface area contributed by atoms with Gasteiger partial charge in [-0.3, -0.25) is 9.69 Å². The minimum absolute atomic E-state index is 0.343. The van der Waals surface area contributed by atoms with Crippen molar-refractivity contribution in [1.29, 1.82) is 0 Å². The number of morpholine rings is 1. The molecule has 1 aromatic carbocycles. The van der Waals surface area contributed by atoms with E-state index in [0.717, 1.165) is 57.8 Å². The van der Waals surface area contributed by atoms with Gasteiger partial charge in [-0.15, -0.1) is 0 Å². The number of carbonyl (C=O) groups excluding carboxylic acids is 1. The molecule has 0 atom stereocenters. The molecule has 4 rings (SSSR count). The second kappa shape index (κ2) is 11.1. The minimum atomic E-state index is -0.441. The van der Waals surface area contributed by atoms with E-state index < -0.39 is 5.91 Å². The number of carbonyl (C=O) groups is 1. The summed E-state index contributed by atoms with van der Waals surface area (Å²) in [4.78, 5) is 27.5. The number of aromatic nitrogens is 4. The first kappa shape index (κ1) is 22.9. The number of ether oxygens (including phenoxy) is 2. The zero-order valence-corrected chi connectivity index (χ0v) is 19.0. The molecule has 3 aromatic rings. The van der Waals surface area contributed by atoms with Crippen LogP contribution in [0.1, 0.15) is 35.7 Å². The molecule has 10 nitrogen and oxygen atoms in total. The van der Waals surface area contributed by atoms with Gasteiger partial charge in [0.05, 0.1) is 32.7 Å². The molecule has 1 amide bonds. The van der Waals surface area contributed by atoms with E-state index in [1.54, 1.807) is 18.5 Å². The molecule has 3 N–H and O–H groups in total. The molecule has 176 valence electrons. The Morgan fingerprint density at radius 3 is 2.73 bits per heavy atom. The van der Waals surface area contributed by atoms with Crippen LogP contribution in [0.2, 0.25) is 0 Å². The number of unbranched alkanes of at least 4 members (excludes halogenated alkanes) is 1. The summed E-state index contributed by atoms with van der Waals surface area (Å²) in [5, 5.41) is 3.42. The Bertz CT molecular complexity index is 1060. The first-order valence-corrected chi connectivity index (χ1v) is 11.4. The number of fused-ring (bicyclic) bond motifs is 1. The third-order valence-electron chi connectivity index (χ3n) is 5.59. The fourth-order valence-corrected chi connectivity index (χ4v) is 3.66. The van der Waals surface area contributed by atoms with E-state index in [-0.39, 0.29) is 0 Å². The zero-order valence-electron chi connectivity index (χ0n) is 19.0. The number of rotatable bonds is 11. The average molecular weight is 454 g/mol. The van der Waals surface area contributed by atoms with Crippen molar-refractivity contribution in [3.63, 3.8) is 0 Å². The van der Waals surface area contributed by atoms with Gasteiger partial charge < -0.3 is 25.1 Å². The maximum atomic E-state index is 11.3. The maximum Gasteiger partial charge on any atom is 0.320 e. The van der Waals surface area contributed by atoms with E-state index >= 15 is 0 Å². The Balaban J connectivity index is 1.54. The summed E-state index contributed by atoms with van der Waals surface area (Å²) in [6.07, 6.45) is 3.73. The Morgan fingerprint density at radius 2 is 2.00 bits per heavy atom. The Labute approximate surface area is 193 Å². The minimum Gasteiger partial charge on any atom is -0.463 e. The van der Waals surface area contributed by atoms with E-state index in [0.29, 0.717) is 41.7 Å². The first-order chi connectivity index (χ1) is 16.1. The summed E-state index contributed by atoms with van der Waals surface area (Å²) in [6, 6.07) is 7.56. The van der Waals surface area contributed by atoms with Gasteiger partial charge in [-0.1, -0.05) is 25.5 Å². The van der Waals surface area contributed by atoms with E-state index in [1.807, 2.05) is 16.7 Å². The van der Waals surface area contributed by atoms with Crippen molar-refractivity contribution in [3.05, 3.63) is 41.7 Å². The van der Waals surface area contributed by atoms with Crippen LogP contribution < -0.4 is 15.8 Å². The molecular weight excluding hydrogens is 422 g/mol. The Morgan fingerprint density at radius 1 is 1.21 bits per heavy atom. The van der Waals surface area contributed by atoms with Gasteiger partial charge in [0, 0.05) is 31.7 Å². The van der Waals surface area contributed by atoms with Gasteiger partial charge in [-0.05, 0) is 24.1 Å². The summed E-state index contributed by atoms with van der Waals surface area (Å²) >= 11 is 0. The van der Waals surface area contributed by atoms with Gasteiger partial charge >= 0.3 is 6.01 Å². The molecule has 10 heteroatoms. The Kier molecular flexibility index (Phi) is 7.69. The molecule has 1 saturated heterocycles. The van der Waals surface area contributed by atoms with E-state index in [9.17, 15) is 4.79 Å². The average Bonchev–Trinajstić information content (AvgIpc) is 3.23. The zero-order chi connectivity index (χ0) is 23.0. The lowest BCUT2D eigenvalue weighted by atomic mass is 10.1. The van der Waals surface area contributed by atoms with E-state index in [1.165, 1.54) is 0 Å². The third-order valence-corrected chi connectivity index (χ3v) is 5.59. The van der Waals surface area contributed by atoms with Gasteiger partial charge in [-0.2, -0.15) is 9.97 Å². The maximum absolute atomic E-state index is 11.3. The quantitative estimate of drug-likeness (QED) is 0.422. The topological polar surface area (TPSA) is 120 Å². The van der Waals surface area contributed by atoms with Crippen molar-refractivity contribution in [3.8, 4) is 6.01 Å². The van der Waals surface area contributed by atoms with Crippen molar-refractivity contribution >= 4 is 22.9 Å². The summed E-state index contributed by atoms with van der Waals surface area (Å²) in [7, 11) is 0. The molecule has 0 unspecified atom stereocenters. The summed E-state index contributed by atoms with van der Waals surface area (Å²) in [5.41, 5.74) is 8.23. The lowest BCUT2D eigenvalue weighted by Crippen LogP contribution is -2.39. The van der Waals surface area contributed by atoms with Crippen molar-refractivity contribution in [1.82, 2.24) is 24.4 Å². The molecule has 0 spiro atoms. The van der Waals surface area contributed by atoms with Crippen molar-refractivity contribution in [2.45, 2.75) is 26.3 Å².